The van der Waals surface area contributed by atoms with Gasteiger partial charge < -0.3 is 14.9 Å². The van der Waals surface area contributed by atoms with Gasteiger partial charge in [-0.05, 0) is 26.9 Å². The van der Waals surface area contributed by atoms with Gasteiger partial charge in [-0.25, -0.2) is 17.5 Å². The van der Waals surface area contributed by atoms with E-state index in [0.29, 0.717) is 19.6 Å². The molecular formula is C15H24F3N3O5S. The number of aliphatic carboxylic acids is 1. The van der Waals surface area contributed by atoms with Crippen LogP contribution in [0.1, 0.15) is 12.8 Å². The number of carbonyl (C=O) groups is 2. The molecule has 2 atom stereocenters. The molecule has 3 rings (SSSR count). The lowest BCUT2D eigenvalue weighted by Gasteiger charge is -2.22. The molecule has 0 aromatic carbocycles. The zero-order chi connectivity index (χ0) is 20.6. The molecule has 1 aliphatic carbocycles. The average molecular weight is 415 g/mol. The number of likely N-dealkylation sites (N-methyl/N-ethyl adjacent to an activating group) is 1. The number of fused-ring (bicyclic) bond motifs is 1. The van der Waals surface area contributed by atoms with Crippen LogP contribution in [0.3, 0.4) is 0 Å². The lowest BCUT2D eigenvalue weighted by molar-refractivity contribution is -0.192. The van der Waals surface area contributed by atoms with Gasteiger partial charge >= 0.3 is 12.1 Å². The van der Waals surface area contributed by atoms with E-state index in [2.05, 4.69) is 4.90 Å². The smallest absolute Gasteiger partial charge is 0.475 e. The molecule has 2 heterocycles. The van der Waals surface area contributed by atoms with Crippen molar-refractivity contribution in [3.05, 3.63) is 0 Å². The molecule has 12 heteroatoms. The fraction of sp³-hybridized carbons (Fsp3) is 0.867. The summed E-state index contributed by atoms with van der Waals surface area (Å²) in [5, 5.41) is 6.96. The monoisotopic (exact) mass is 415 g/mol. The first-order chi connectivity index (χ1) is 12.3. The largest absolute Gasteiger partial charge is 0.490 e. The summed E-state index contributed by atoms with van der Waals surface area (Å²) < 4.78 is 57.8. The lowest BCUT2D eigenvalue weighted by Crippen LogP contribution is -2.39. The minimum atomic E-state index is -5.08. The number of rotatable bonds is 5. The predicted octanol–water partition coefficient (Wildman–Crippen LogP) is 0.0637. The van der Waals surface area contributed by atoms with Gasteiger partial charge in [-0.3, -0.25) is 4.79 Å². The SMILES string of the molecule is CN(C)CCN1C[C@@H]2CN(S(=O)(=O)C3CC3)C[C@@H]2C1=O.O=C(O)C(F)(F)F. The predicted molar refractivity (Wildman–Crippen MR) is 89.3 cm³/mol. The van der Waals surface area contributed by atoms with E-state index in [4.69, 9.17) is 9.90 Å². The van der Waals surface area contributed by atoms with E-state index >= 15 is 0 Å². The molecule has 2 aliphatic heterocycles. The Labute approximate surface area is 155 Å². The van der Waals surface area contributed by atoms with Crippen molar-refractivity contribution in [3.8, 4) is 0 Å². The minimum absolute atomic E-state index is 0.106. The van der Waals surface area contributed by atoms with Crippen LogP contribution < -0.4 is 0 Å². The first kappa shape index (κ1) is 21.9. The molecule has 2 saturated heterocycles. The van der Waals surface area contributed by atoms with Crippen molar-refractivity contribution in [1.29, 1.82) is 0 Å². The van der Waals surface area contributed by atoms with Gasteiger partial charge in [0.2, 0.25) is 15.9 Å². The van der Waals surface area contributed by atoms with Gasteiger partial charge in [-0.2, -0.15) is 13.2 Å². The molecule has 0 radical (unpaired) electrons. The maximum atomic E-state index is 12.3. The fourth-order valence-corrected chi connectivity index (χ4v) is 5.13. The third-order valence-corrected chi connectivity index (χ3v) is 7.19. The van der Waals surface area contributed by atoms with Gasteiger partial charge in [0.25, 0.3) is 0 Å². The highest BCUT2D eigenvalue weighted by molar-refractivity contribution is 7.90. The third-order valence-electron chi connectivity index (χ3n) is 4.86. The van der Waals surface area contributed by atoms with Crippen LogP contribution in [-0.2, 0) is 19.6 Å². The molecule has 0 aromatic rings. The first-order valence-corrected chi connectivity index (χ1v) is 10.1. The quantitative estimate of drug-likeness (QED) is 0.682. The van der Waals surface area contributed by atoms with Gasteiger partial charge in [0, 0.05) is 38.6 Å². The van der Waals surface area contributed by atoms with Crippen LogP contribution in [0.5, 0.6) is 0 Å². The summed E-state index contributed by atoms with van der Waals surface area (Å²) in [6.45, 7) is 3.26. The zero-order valence-corrected chi connectivity index (χ0v) is 16.0. The average Bonchev–Trinajstić information content (AvgIpc) is 3.24. The number of carboxylic acid groups (broad SMARTS) is 1. The summed E-state index contributed by atoms with van der Waals surface area (Å²) in [6.07, 6.45) is -3.51. The first-order valence-electron chi connectivity index (χ1n) is 8.56. The van der Waals surface area contributed by atoms with E-state index in [0.717, 1.165) is 25.9 Å². The van der Waals surface area contributed by atoms with Crippen LogP contribution >= 0.6 is 0 Å². The van der Waals surface area contributed by atoms with E-state index in [1.165, 1.54) is 0 Å². The number of likely N-dealkylation sites (tertiary alicyclic amines) is 1. The summed E-state index contributed by atoms with van der Waals surface area (Å²) in [7, 11) is 0.863. The molecule has 8 nitrogen and oxygen atoms in total. The lowest BCUT2D eigenvalue weighted by atomic mass is 10.0. The maximum absolute atomic E-state index is 12.3. The minimum Gasteiger partial charge on any atom is -0.475 e. The highest BCUT2D eigenvalue weighted by atomic mass is 32.2. The van der Waals surface area contributed by atoms with E-state index in [1.807, 2.05) is 19.0 Å². The fourth-order valence-electron chi connectivity index (χ4n) is 3.21. The van der Waals surface area contributed by atoms with Crippen LogP contribution in [0.25, 0.3) is 0 Å². The van der Waals surface area contributed by atoms with Crippen LogP contribution in [0, 0.1) is 11.8 Å². The van der Waals surface area contributed by atoms with Crippen molar-refractivity contribution < 1.29 is 36.3 Å². The number of hydrogen-bond donors (Lipinski definition) is 1. The summed E-state index contributed by atoms with van der Waals surface area (Å²) >= 11 is 0. The zero-order valence-electron chi connectivity index (χ0n) is 15.1. The van der Waals surface area contributed by atoms with Gasteiger partial charge in [0.1, 0.15) is 0 Å². The molecule has 1 amide bonds. The summed E-state index contributed by atoms with van der Waals surface area (Å²) in [6, 6.07) is 0. The van der Waals surface area contributed by atoms with Crippen LogP contribution in [0.15, 0.2) is 0 Å². The number of amides is 1. The summed E-state index contributed by atoms with van der Waals surface area (Å²) in [5.74, 6) is -2.53. The molecule has 156 valence electrons. The van der Waals surface area contributed by atoms with Crippen molar-refractivity contribution in [2.45, 2.75) is 24.3 Å². The van der Waals surface area contributed by atoms with Gasteiger partial charge in [-0.15, -0.1) is 0 Å². The molecule has 3 fully saturated rings. The Morgan fingerprint density at radius 1 is 1.22 bits per heavy atom. The van der Waals surface area contributed by atoms with E-state index in [1.54, 1.807) is 4.31 Å². The number of carboxylic acids is 1. The van der Waals surface area contributed by atoms with E-state index in [-0.39, 0.29) is 23.0 Å². The van der Waals surface area contributed by atoms with Crippen LogP contribution in [-0.4, -0.2) is 97.8 Å². The summed E-state index contributed by atoms with van der Waals surface area (Å²) in [5.41, 5.74) is 0. The van der Waals surface area contributed by atoms with Gasteiger partial charge in [0.15, 0.2) is 0 Å². The van der Waals surface area contributed by atoms with Crippen molar-refractivity contribution in [2.75, 3.05) is 46.8 Å². The number of nitrogens with zero attached hydrogens (tertiary/aromatic N) is 3. The summed E-state index contributed by atoms with van der Waals surface area (Å²) in [4.78, 5) is 25.2. The third kappa shape index (κ3) is 5.32. The molecular weight excluding hydrogens is 391 g/mol. The second-order valence-electron chi connectivity index (χ2n) is 7.32. The standard InChI is InChI=1S/C13H23N3O3S.C2HF3O2/c1-14(2)5-6-15-7-10-8-16(9-12(10)13(15)17)20(18,19)11-3-4-11;3-2(4,5)1(6)7/h10-12H,3-9H2,1-2H3;(H,6,7)/t10-,12+;/m1./s1. The number of sulfonamides is 1. The Balaban J connectivity index is 0.000000321. The number of hydrogen-bond acceptors (Lipinski definition) is 5. The van der Waals surface area contributed by atoms with Crippen molar-refractivity contribution >= 4 is 21.9 Å². The van der Waals surface area contributed by atoms with E-state index < -0.39 is 22.2 Å². The van der Waals surface area contributed by atoms with Crippen LogP contribution in [0.2, 0.25) is 0 Å². The second-order valence-corrected chi connectivity index (χ2v) is 9.53. The number of alkyl halides is 3. The van der Waals surface area contributed by atoms with E-state index in [9.17, 15) is 26.4 Å². The molecule has 0 spiro atoms. The van der Waals surface area contributed by atoms with Crippen molar-refractivity contribution in [3.63, 3.8) is 0 Å². The van der Waals surface area contributed by atoms with Crippen LogP contribution in [0.4, 0.5) is 13.2 Å². The molecule has 0 unspecified atom stereocenters. The molecule has 1 N–H and O–H groups in total. The van der Waals surface area contributed by atoms with Crippen molar-refractivity contribution in [2.24, 2.45) is 11.8 Å². The Morgan fingerprint density at radius 3 is 2.19 bits per heavy atom. The Kier molecular flexibility index (Phi) is 6.42. The number of carbonyl (C=O) groups excluding carboxylic acids is 1. The molecule has 3 aliphatic rings. The maximum Gasteiger partial charge on any atom is 0.490 e. The Hall–Kier alpha value is -1.40. The molecule has 0 bridgehead atoms. The molecule has 1 saturated carbocycles. The number of halogens is 3. The van der Waals surface area contributed by atoms with Gasteiger partial charge in [-0.1, -0.05) is 0 Å². The highest BCUT2D eigenvalue weighted by Gasteiger charge is 2.51. The molecule has 27 heavy (non-hydrogen) atoms. The Bertz CT molecular complexity index is 679. The highest BCUT2D eigenvalue weighted by Crippen LogP contribution is 2.38. The van der Waals surface area contributed by atoms with Crippen molar-refractivity contribution in [1.82, 2.24) is 14.1 Å². The molecule has 0 aromatic heterocycles. The normalized spacial score (nSPS) is 26.1. The second kappa shape index (κ2) is 7.92. The Morgan fingerprint density at radius 2 is 1.78 bits per heavy atom. The topological polar surface area (TPSA) is 98.2 Å². The van der Waals surface area contributed by atoms with Gasteiger partial charge in [0.05, 0.1) is 11.2 Å².